The molecule has 0 amide bonds. The molecule has 0 saturated carbocycles. The van der Waals surface area contributed by atoms with E-state index >= 15 is 0 Å². The van der Waals surface area contributed by atoms with Crippen molar-refractivity contribution in [2.45, 2.75) is 58.4 Å². The Labute approximate surface area is 183 Å². The first-order valence-corrected chi connectivity index (χ1v) is 11.8. The Bertz CT molecular complexity index is 838. The fraction of sp³-hybridized carbons (Fsp3) is 0.435. The van der Waals surface area contributed by atoms with Crippen LogP contribution in [0.5, 0.6) is 0 Å². The Kier molecular flexibility index (Phi) is 8.17. The molecule has 3 rings (SSSR count). The van der Waals surface area contributed by atoms with Gasteiger partial charge in [0.2, 0.25) is 0 Å². The van der Waals surface area contributed by atoms with Gasteiger partial charge in [0.25, 0.3) is 0 Å². The summed E-state index contributed by atoms with van der Waals surface area (Å²) in [6.45, 7) is 5.14. The molecule has 0 bridgehead atoms. The van der Waals surface area contributed by atoms with E-state index in [1.165, 1.54) is 0 Å². The number of ketones is 1. The van der Waals surface area contributed by atoms with Gasteiger partial charge in [0.1, 0.15) is 12.2 Å². The van der Waals surface area contributed by atoms with Crippen molar-refractivity contribution in [2.24, 2.45) is 0 Å². The van der Waals surface area contributed by atoms with Crippen molar-refractivity contribution in [3.8, 4) is 0 Å². The Morgan fingerprint density at radius 3 is 1.90 bits per heavy atom. The van der Waals surface area contributed by atoms with Gasteiger partial charge in [-0.3, -0.25) is 18.4 Å². The van der Waals surface area contributed by atoms with Crippen molar-refractivity contribution < 1.29 is 32.4 Å². The smallest absolute Gasteiger partial charge is 0.342 e. The summed E-state index contributed by atoms with van der Waals surface area (Å²) in [5, 5.41) is 0. The Hall–Kier alpha value is -1.86. The molecule has 0 aliphatic carbocycles. The Morgan fingerprint density at radius 1 is 0.903 bits per heavy atom. The van der Waals surface area contributed by atoms with Crippen LogP contribution >= 0.6 is 7.82 Å². The van der Waals surface area contributed by atoms with Crippen LogP contribution < -0.4 is 0 Å². The van der Waals surface area contributed by atoms with E-state index < -0.39 is 25.8 Å². The van der Waals surface area contributed by atoms with E-state index in [1.54, 1.807) is 20.8 Å². The van der Waals surface area contributed by atoms with E-state index in [9.17, 15) is 9.36 Å². The molecule has 8 heteroatoms. The molecular weight excluding hydrogens is 419 g/mol. The van der Waals surface area contributed by atoms with Crippen LogP contribution in [0.2, 0.25) is 0 Å². The van der Waals surface area contributed by atoms with E-state index in [0.717, 1.165) is 11.1 Å². The standard InChI is InChI=1S/C23H29O7P/c1-4-20(24)22-21(29-23(2,3)30-22)17-28-31(25,26-15-18-11-7-5-8-12-18)27-16-19-13-9-6-10-14-19/h5-14,21-22H,4,15-17H2,1-3H3/t21-,22-/m1/s1. The maximum atomic E-state index is 13.4. The molecule has 2 aromatic carbocycles. The van der Waals surface area contributed by atoms with Crippen molar-refractivity contribution in [1.82, 2.24) is 0 Å². The molecule has 2 atom stereocenters. The summed E-state index contributed by atoms with van der Waals surface area (Å²) in [5.41, 5.74) is 1.66. The lowest BCUT2D eigenvalue weighted by Gasteiger charge is -2.21. The van der Waals surface area contributed by atoms with Gasteiger partial charge in [0.05, 0.1) is 19.8 Å². The number of carbonyl (C=O) groups is 1. The second-order valence-corrected chi connectivity index (χ2v) is 9.34. The van der Waals surface area contributed by atoms with E-state index in [-0.39, 0.29) is 25.6 Å². The third-order valence-corrected chi connectivity index (χ3v) is 6.07. The predicted molar refractivity (Wildman–Crippen MR) is 115 cm³/mol. The Balaban J connectivity index is 1.69. The lowest BCUT2D eigenvalue weighted by Crippen LogP contribution is -2.34. The van der Waals surface area contributed by atoms with Gasteiger partial charge < -0.3 is 9.47 Å². The molecule has 31 heavy (non-hydrogen) atoms. The first-order valence-electron chi connectivity index (χ1n) is 10.3. The van der Waals surface area contributed by atoms with Gasteiger partial charge in [0.15, 0.2) is 11.6 Å². The van der Waals surface area contributed by atoms with E-state index in [2.05, 4.69) is 0 Å². The molecule has 168 valence electrons. The van der Waals surface area contributed by atoms with E-state index in [4.69, 9.17) is 23.0 Å². The average Bonchev–Trinajstić information content (AvgIpc) is 3.10. The zero-order chi connectivity index (χ0) is 22.3. The molecule has 1 saturated heterocycles. The number of Topliss-reactive ketones (excluding diaryl/α,β-unsaturated/α-hetero) is 1. The fourth-order valence-electron chi connectivity index (χ4n) is 3.16. The van der Waals surface area contributed by atoms with Gasteiger partial charge in [-0.15, -0.1) is 0 Å². The molecule has 0 unspecified atom stereocenters. The van der Waals surface area contributed by atoms with Crippen LogP contribution in [0.25, 0.3) is 0 Å². The van der Waals surface area contributed by atoms with Gasteiger partial charge in [-0.05, 0) is 25.0 Å². The van der Waals surface area contributed by atoms with Gasteiger partial charge >= 0.3 is 7.82 Å². The average molecular weight is 448 g/mol. The van der Waals surface area contributed by atoms with Crippen LogP contribution in [0.1, 0.15) is 38.3 Å². The number of phosphoric ester groups is 1. The monoisotopic (exact) mass is 448 g/mol. The number of benzene rings is 2. The maximum Gasteiger partial charge on any atom is 0.475 e. The quantitative estimate of drug-likeness (QED) is 0.445. The second-order valence-electron chi connectivity index (χ2n) is 7.68. The summed E-state index contributed by atoms with van der Waals surface area (Å²) >= 11 is 0. The zero-order valence-corrected chi connectivity index (χ0v) is 19.0. The largest absolute Gasteiger partial charge is 0.475 e. The van der Waals surface area contributed by atoms with Crippen molar-refractivity contribution in [3.63, 3.8) is 0 Å². The number of hydrogen-bond acceptors (Lipinski definition) is 7. The number of ether oxygens (including phenoxy) is 2. The normalized spacial score (nSPS) is 20.6. The minimum Gasteiger partial charge on any atom is -0.342 e. The highest BCUT2D eigenvalue weighted by Gasteiger charge is 2.45. The molecule has 1 fully saturated rings. The minimum absolute atomic E-state index is 0.0533. The molecule has 7 nitrogen and oxygen atoms in total. The second kappa shape index (κ2) is 10.6. The molecule has 1 aliphatic rings. The van der Waals surface area contributed by atoms with Crippen molar-refractivity contribution in [2.75, 3.05) is 6.61 Å². The van der Waals surface area contributed by atoms with E-state index in [0.29, 0.717) is 6.42 Å². The highest BCUT2D eigenvalue weighted by atomic mass is 31.2. The molecule has 0 aromatic heterocycles. The van der Waals surface area contributed by atoms with Gasteiger partial charge in [-0.1, -0.05) is 67.6 Å². The lowest BCUT2D eigenvalue weighted by molar-refractivity contribution is -0.156. The van der Waals surface area contributed by atoms with Crippen LogP contribution in [0.15, 0.2) is 60.7 Å². The topological polar surface area (TPSA) is 80.3 Å². The highest BCUT2D eigenvalue weighted by molar-refractivity contribution is 7.48. The van der Waals surface area contributed by atoms with Crippen LogP contribution in [0, 0.1) is 0 Å². The molecular formula is C23H29O7P. The molecule has 0 radical (unpaired) electrons. The van der Waals surface area contributed by atoms with Gasteiger partial charge in [-0.25, -0.2) is 4.57 Å². The number of rotatable bonds is 11. The van der Waals surface area contributed by atoms with E-state index in [1.807, 2.05) is 60.7 Å². The third kappa shape index (κ3) is 7.07. The van der Waals surface area contributed by atoms with Gasteiger partial charge in [0, 0.05) is 6.42 Å². The number of phosphoric acid groups is 1. The summed E-state index contributed by atoms with van der Waals surface area (Å²) < 4.78 is 41.7. The predicted octanol–water partition coefficient (Wildman–Crippen LogP) is 5.04. The van der Waals surface area contributed by atoms with Crippen molar-refractivity contribution in [3.05, 3.63) is 71.8 Å². The summed E-state index contributed by atoms with van der Waals surface area (Å²) in [7, 11) is -3.96. The van der Waals surface area contributed by atoms with Crippen molar-refractivity contribution in [1.29, 1.82) is 0 Å². The summed E-state index contributed by atoms with van der Waals surface area (Å²) in [6, 6.07) is 18.6. The minimum atomic E-state index is -3.96. The fourth-order valence-corrected chi connectivity index (χ4v) is 4.33. The van der Waals surface area contributed by atoms with Gasteiger partial charge in [-0.2, -0.15) is 0 Å². The molecule has 2 aromatic rings. The first-order chi connectivity index (χ1) is 14.8. The third-order valence-electron chi connectivity index (χ3n) is 4.71. The summed E-state index contributed by atoms with van der Waals surface area (Å²) in [4.78, 5) is 12.3. The maximum absolute atomic E-state index is 13.4. The van der Waals surface area contributed by atoms with Crippen LogP contribution in [0.3, 0.4) is 0 Å². The number of carbonyl (C=O) groups excluding carboxylic acids is 1. The van der Waals surface area contributed by atoms with Crippen molar-refractivity contribution >= 4 is 13.6 Å². The lowest BCUT2D eigenvalue weighted by atomic mass is 10.1. The molecule has 0 spiro atoms. The molecule has 1 heterocycles. The summed E-state index contributed by atoms with van der Waals surface area (Å²) in [5.74, 6) is -1.05. The molecule has 0 N–H and O–H groups in total. The highest BCUT2D eigenvalue weighted by Crippen LogP contribution is 2.51. The molecule has 1 aliphatic heterocycles. The van der Waals surface area contributed by atoms with Crippen LogP contribution in [-0.2, 0) is 45.6 Å². The van der Waals surface area contributed by atoms with Crippen LogP contribution in [0.4, 0.5) is 0 Å². The number of hydrogen-bond donors (Lipinski definition) is 0. The zero-order valence-electron chi connectivity index (χ0n) is 18.1. The SMILES string of the molecule is CCC(=O)[C@H]1OC(C)(C)O[C@@H]1COP(=O)(OCc1ccccc1)OCc1ccccc1. The first kappa shape index (κ1) is 23.8. The van der Waals surface area contributed by atoms with Crippen LogP contribution in [-0.4, -0.2) is 30.4 Å². The summed E-state index contributed by atoms with van der Waals surface area (Å²) in [6.07, 6.45) is -1.21. The Morgan fingerprint density at radius 2 is 1.42 bits per heavy atom.